The predicted molar refractivity (Wildman–Crippen MR) is 106 cm³/mol. The van der Waals surface area contributed by atoms with E-state index in [-0.39, 0.29) is 11.7 Å². The van der Waals surface area contributed by atoms with Gasteiger partial charge in [0.25, 0.3) is 5.91 Å². The van der Waals surface area contributed by atoms with Crippen LogP contribution in [0.15, 0.2) is 60.7 Å². The fraction of sp³-hybridized carbons (Fsp3) is 0.273. The van der Waals surface area contributed by atoms with E-state index >= 15 is 0 Å². The molecule has 0 aliphatic carbocycles. The highest BCUT2D eigenvalue weighted by atomic mass is 19.1. The standard InChI is InChI=1S/C22H23FN4O/c1-17-15-21(24-27(17)20-9-7-19(23)8-10-20)22(28)26-13-11-25(12-14-26)16-18-5-3-2-4-6-18/h2-10,15H,11-14,16H2,1H3. The summed E-state index contributed by atoms with van der Waals surface area (Å²) in [5.74, 6) is -0.346. The van der Waals surface area contributed by atoms with E-state index in [1.54, 1.807) is 22.9 Å². The lowest BCUT2D eigenvalue weighted by Gasteiger charge is -2.34. The zero-order valence-electron chi connectivity index (χ0n) is 15.9. The number of halogens is 1. The lowest BCUT2D eigenvalue weighted by atomic mass is 10.2. The molecular weight excluding hydrogens is 355 g/mol. The van der Waals surface area contributed by atoms with Crippen LogP contribution in [0, 0.1) is 12.7 Å². The van der Waals surface area contributed by atoms with E-state index in [2.05, 4.69) is 34.3 Å². The van der Waals surface area contributed by atoms with Gasteiger partial charge < -0.3 is 4.90 Å². The van der Waals surface area contributed by atoms with Gasteiger partial charge in [-0.3, -0.25) is 9.69 Å². The number of hydrogen-bond donors (Lipinski definition) is 0. The lowest BCUT2D eigenvalue weighted by Crippen LogP contribution is -2.48. The summed E-state index contributed by atoms with van der Waals surface area (Å²) in [6.45, 7) is 5.87. The fourth-order valence-electron chi connectivity index (χ4n) is 3.54. The monoisotopic (exact) mass is 378 g/mol. The molecule has 3 aromatic rings. The molecule has 0 N–H and O–H groups in total. The minimum atomic E-state index is -0.293. The Labute approximate surface area is 164 Å². The number of carbonyl (C=O) groups is 1. The molecular formula is C22H23FN4O. The first kappa shape index (κ1) is 18.4. The van der Waals surface area contributed by atoms with E-state index in [1.807, 2.05) is 17.9 Å². The molecule has 144 valence electrons. The van der Waals surface area contributed by atoms with Gasteiger partial charge in [0, 0.05) is 38.4 Å². The number of carbonyl (C=O) groups excluding carboxylic acids is 1. The van der Waals surface area contributed by atoms with Gasteiger partial charge in [-0.25, -0.2) is 9.07 Å². The van der Waals surface area contributed by atoms with Crippen molar-refractivity contribution in [3.05, 3.63) is 83.4 Å². The Kier molecular flexibility index (Phi) is 5.21. The number of aryl methyl sites for hydroxylation is 1. The topological polar surface area (TPSA) is 41.4 Å². The molecule has 2 aromatic carbocycles. The van der Waals surface area contributed by atoms with Gasteiger partial charge in [-0.05, 0) is 42.8 Å². The molecule has 0 atom stereocenters. The number of amides is 1. The molecule has 0 unspecified atom stereocenters. The van der Waals surface area contributed by atoms with Crippen LogP contribution in [0.4, 0.5) is 4.39 Å². The molecule has 0 saturated carbocycles. The third-order valence-corrected chi connectivity index (χ3v) is 5.09. The number of benzene rings is 2. The summed E-state index contributed by atoms with van der Waals surface area (Å²) in [6, 6.07) is 18.3. The molecule has 1 fully saturated rings. The van der Waals surface area contributed by atoms with Crippen LogP contribution in [0.2, 0.25) is 0 Å². The maximum atomic E-state index is 13.2. The Bertz CT molecular complexity index is 944. The molecule has 0 radical (unpaired) electrons. The average molecular weight is 378 g/mol. The van der Waals surface area contributed by atoms with Crippen molar-refractivity contribution in [3.8, 4) is 5.69 Å². The molecule has 28 heavy (non-hydrogen) atoms. The summed E-state index contributed by atoms with van der Waals surface area (Å²) in [4.78, 5) is 17.1. The average Bonchev–Trinajstić information content (AvgIpc) is 3.11. The van der Waals surface area contributed by atoms with Crippen molar-refractivity contribution in [2.24, 2.45) is 0 Å². The molecule has 0 spiro atoms. The Balaban J connectivity index is 1.40. The van der Waals surface area contributed by atoms with Gasteiger partial charge in [0.2, 0.25) is 0 Å². The predicted octanol–water partition coefficient (Wildman–Crippen LogP) is 3.28. The second-order valence-corrected chi connectivity index (χ2v) is 7.11. The fourth-order valence-corrected chi connectivity index (χ4v) is 3.54. The Hall–Kier alpha value is -2.99. The van der Waals surface area contributed by atoms with Crippen LogP contribution >= 0.6 is 0 Å². The van der Waals surface area contributed by atoms with Crippen molar-refractivity contribution in [2.45, 2.75) is 13.5 Å². The van der Waals surface area contributed by atoms with E-state index in [1.165, 1.54) is 17.7 Å². The zero-order valence-corrected chi connectivity index (χ0v) is 15.9. The molecule has 0 bridgehead atoms. The summed E-state index contributed by atoms with van der Waals surface area (Å²) in [6.07, 6.45) is 0. The first-order valence-electron chi connectivity index (χ1n) is 9.48. The highest BCUT2D eigenvalue weighted by Gasteiger charge is 2.24. The number of aromatic nitrogens is 2. The first-order valence-corrected chi connectivity index (χ1v) is 9.48. The summed E-state index contributed by atoms with van der Waals surface area (Å²) in [7, 11) is 0. The van der Waals surface area contributed by atoms with Crippen molar-refractivity contribution in [1.82, 2.24) is 19.6 Å². The minimum absolute atomic E-state index is 0.0525. The van der Waals surface area contributed by atoms with Crippen molar-refractivity contribution in [2.75, 3.05) is 26.2 Å². The third-order valence-electron chi connectivity index (χ3n) is 5.09. The van der Waals surface area contributed by atoms with Gasteiger partial charge in [0.05, 0.1) is 5.69 Å². The number of nitrogens with zero attached hydrogens (tertiary/aromatic N) is 4. The van der Waals surface area contributed by atoms with Gasteiger partial charge in [0.15, 0.2) is 5.69 Å². The largest absolute Gasteiger partial charge is 0.335 e. The van der Waals surface area contributed by atoms with Crippen LogP contribution in [0.25, 0.3) is 5.69 Å². The normalized spacial score (nSPS) is 15.0. The van der Waals surface area contributed by atoms with Gasteiger partial charge >= 0.3 is 0 Å². The summed E-state index contributed by atoms with van der Waals surface area (Å²) < 4.78 is 14.8. The smallest absolute Gasteiger partial charge is 0.274 e. The van der Waals surface area contributed by atoms with Crippen molar-refractivity contribution in [1.29, 1.82) is 0 Å². The van der Waals surface area contributed by atoms with Gasteiger partial charge in [-0.15, -0.1) is 0 Å². The van der Waals surface area contributed by atoms with Crippen LogP contribution in [-0.2, 0) is 6.54 Å². The van der Waals surface area contributed by atoms with Gasteiger partial charge in [-0.2, -0.15) is 5.10 Å². The van der Waals surface area contributed by atoms with E-state index in [4.69, 9.17) is 0 Å². The Morgan fingerprint density at radius 3 is 2.36 bits per heavy atom. The molecule has 1 aromatic heterocycles. The highest BCUT2D eigenvalue weighted by molar-refractivity contribution is 5.92. The summed E-state index contributed by atoms with van der Waals surface area (Å²) >= 11 is 0. The van der Waals surface area contributed by atoms with E-state index in [0.29, 0.717) is 18.8 Å². The van der Waals surface area contributed by atoms with Crippen LogP contribution < -0.4 is 0 Å². The summed E-state index contributed by atoms with van der Waals surface area (Å²) in [5.41, 5.74) is 3.30. The van der Waals surface area contributed by atoms with Gasteiger partial charge in [-0.1, -0.05) is 30.3 Å². The molecule has 1 amide bonds. The van der Waals surface area contributed by atoms with Crippen LogP contribution in [-0.4, -0.2) is 51.7 Å². The maximum absolute atomic E-state index is 13.2. The zero-order chi connectivity index (χ0) is 19.5. The van der Waals surface area contributed by atoms with E-state index in [0.717, 1.165) is 31.0 Å². The first-order chi connectivity index (χ1) is 13.6. The molecule has 2 heterocycles. The van der Waals surface area contributed by atoms with Crippen molar-refractivity contribution < 1.29 is 9.18 Å². The number of rotatable bonds is 4. The molecule has 1 saturated heterocycles. The Morgan fingerprint density at radius 2 is 1.68 bits per heavy atom. The lowest BCUT2D eigenvalue weighted by molar-refractivity contribution is 0.0622. The highest BCUT2D eigenvalue weighted by Crippen LogP contribution is 2.16. The molecule has 1 aliphatic rings. The quantitative estimate of drug-likeness (QED) is 0.700. The second kappa shape index (κ2) is 7.94. The second-order valence-electron chi connectivity index (χ2n) is 7.11. The molecule has 4 rings (SSSR count). The third kappa shape index (κ3) is 3.97. The molecule has 6 heteroatoms. The van der Waals surface area contributed by atoms with Crippen LogP contribution in [0.3, 0.4) is 0 Å². The van der Waals surface area contributed by atoms with Crippen LogP contribution in [0.5, 0.6) is 0 Å². The van der Waals surface area contributed by atoms with Crippen molar-refractivity contribution in [3.63, 3.8) is 0 Å². The summed E-state index contributed by atoms with van der Waals surface area (Å²) in [5, 5.41) is 4.46. The molecule has 1 aliphatic heterocycles. The number of hydrogen-bond acceptors (Lipinski definition) is 3. The number of piperazine rings is 1. The molecule has 5 nitrogen and oxygen atoms in total. The van der Waals surface area contributed by atoms with E-state index < -0.39 is 0 Å². The van der Waals surface area contributed by atoms with Crippen LogP contribution in [0.1, 0.15) is 21.7 Å². The minimum Gasteiger partial charge on any atom is -0.335 e. The van der Waals surface area contributed by atoms with Gasteiger partial charge in [0.1, 0.15) is 5.82 Å². The van der Waals surface area contributed by atoms with E-state index in [9.17, 15) is 9.18 Å². The van der Waals surface area contributed by atoms with Crippen molar-refractivity contribution >= 4 is 5.91 Å². The SMILES string of the molecule is Cc1cc(C(=O)N2CCN(Cc3ccccc3)CC2)nn1-c1ccc(F)cc1. The maximum Gasteiger partial charge on any atom is 0.274 e. The Morgan fingerprint density at radius 1 is 1.00 bits per heavy atom.